The van der Waals surface area contributed by atoms with Crippen molar-refractivity contribution in [2.45, 2.75) is 32.2 Å². The van der Waals surface area contributed by atoms with E-state index < -0.39 is 11.9 Å². The first-order valence-electron chi connectivity index (χ1n) is 7.28. The number of nitrogens with zero attached hydrogens (tertiary/aromatic N) is 3. The van der Waals surface area contributed by atoms with Crippen molar-refractivity contribution in [2.75, 3.05) is 5.32 Å². The van der Waals surface area contributed by atoms with Gasteiger partial charge in [0.1, 0.15) is 0 Å². The molecule has 122 valence electrons. The number of pyridine rings is 1. The second-order valence-electron chi connectivity index (χ2n) is 5.58. The number of hydrogen-bond donors (Lipinski definition) is 2. The normalized spacial score (nSPS) is 23.5. The number of rotatable bonds is 4. The van der Waals surface area contributed by atoms with Crippen LogP contribution < -0.4 is 5.32 Å². The summed E-state index contributed by atoms with van der Waals surface area (Å²) in [6.45, 7) is 2.00. The number of aromatic nitrogens is 1. The number of nitrogens with one attached hydrogen (secondary N) is 1. The molecule has 2 rings (SSSR count). The Morgan fingerprint density at radius 1 is 1.48 bits per heavy atom. The fourth-order valence-electron chi connectivity index (χ4n) is 2.61. The average Bonchev–Trinajstić information content (AvgIpc) is 2.53. The molecule has 0 aromatic carbocycles. The van der Waals surface area contributed by atoms with Crippen molar-refractivity contribution in [1.82, 2.24) is 4.98 Å². The highest BCUT2D eigenvalue weighted by Gasteiger charge is 2.32. The molecule has 1 amide bonds. The summed E-state index contributed by atoms with van der Waals surface area (Å²) in [7, 11) is 0. The molecule has 2 atom stereocenters. The Hall–Kier alpha value is -2.77. The predicted molar refractivity (Wildman–Crippen MR) is 84.0 cm³/mol. The molecule has 1 aliphatic carbocycles. The smallest absolute Gasteiger partial charge is 0.277 e. The summed E-state index contributed by atoms with van der Waals surface area (Å²) in [4.78, 5) is 26.8. The van der Waals surface area contributed by atoms with Crippen molar-refractivity contribution in [2.24, 2.45) is 11.1 Å². The van der Waals surface area contributed by atoms with E-state index in [1.165, 1.54) is 18.5 Å². The third kappa shape index (κ3) is 4.35. The standard InChI is InChI=1S/C15H18N4O4/c1-10-2-3-14(19(22)23)11(8-10)9-13(18-21)15(20)17-12-4-6-16-7-5-12/h4-7,9-10,14,21H,2-3,8H2,1H3,(H,16,17,20)/b11-9+,18-13+. The lowest BCUT2D eigenvalue weighted by molar-refractivity contribution is -0.515. The van der Waals surface area contributed by atoms with Crippen LogP contribution >= 0.6 is 0 Å². The van der Waals surface area contributed by atoms with Crippen LogP contribution in [0, 0.1) is 16.0 Å². The monoisotopic (exact) mass is 318 g/mol. The molecule has 1 aliphatic rings. The fourth-order valence-corrected chi connectivity index (χ4v) is 2.61. The van der Waals surface area contributed by atoms with Crippen molar-refractivity contribution in [3.63, 3.8) is 0 Å². The summed E-state index contributed by atoms with van der Waals surface area (Å²) in [5.74, 6) is -0.341. The van der Waals surface area contributed by atoms with Crippen molar-refractivity contribution >= 4 is 17.3 Å². The molecule has 8 heteroatoms. The van der Waals surface area contributed by atoms with Gasteiger partial charge in [-0.3, -0.25) is 19.9 Å². The zero-order chi connectivity index (χ0) is 16.8. The van der Waals surface area contributed by atoms with Crippen LogP contribution in [0.25, 0.3) is 0 Å². The third-order valence-corrected chi connectivity index (χ3v) is 3.80. The van der Waals surface area contributed by atoms with Crippen molar-refractivity contribution in [3.8, 4) is 0 Å². The molecule has 0 bridgehead atoms. The minimum Gasteiger partial charge on any atom is -0.410 e. The topological polar surface area (TPSA) is 118 Å². The van der Waals surface area contributed by atoms with E-state index in [1.807, 2.05) is 6.92 Å². The minimum absolute atomic E-state index is 0.252. The molecular weight excluding hydrogens is 300 g/mol. The second kappa shape index (κ2) is 7.48. The van der Waals surface area contributed by atoms with Crippen LogP contribution in [-0.4, -0.2) is 32.8 Å². The van der Waals surface area contributed by atoms with Gasteiger partial charge in [-0.25, -0.2) is 0 Å². The van der Waals surface area contributed by atoms with Gasteiger partial charge in [-0.1, -0.05) is 12.1 Å². The number of hydrogen-bond acceptors (Lipinski definition) is 6. The van der Waals surface area contributed by atoms with Gasteiger partial charge in [0.25, 0.3) is 5.91 Å². The maximum absolute atomic E-state index is 12.1. The van der Waals surface area contributed by atoms with Crippen LogP contribution in [0.15, 0.2) is 41.3 Å². The molecule has 1 aromatic rings. The number of carbonyl (C=O) groups excluding carboxylic acids is 1. The van der Waals surface area contributed by atoms with E-state index in [1.54, 1.807) is 12.1 Å². The summed E-state index contributed by atoms with van der Waals surface area (Å²) in [6.07, 6.45) is 6.03. The summed E-state index contributed by atoms with van der Waals surface area (Å²) in [5.41, 5.74) is 0.747. The molecule has 2 N–H and O–H groups in total. The first-order chi connectivity index (χ1) is 11.0. The molecule has 8 nitrogen and oxygen atoms in total. The number of oxime groups is 1. The first kappa shape index (κ1) is 16.6. The van der Waals surface area contributed by atoms with Crippen LogP contribution in [0.5, 0.6) is 0 Å². The van der Waals surface area contributed by atoms with E-state index in [2.05, 4.69) is 15.5 Å². The van der Waals surface area contributed by atoms with Gasteiger partial charge in [-0.05, 0) is 37.0 Å². The second-order valence-corrected chi connectivity index (χ2v) is 5.58. The lowest BCUT2D eigenvalue weighted by Crippen LogP contribution is -2.30. The molecule has 0 radical (unpaired) electrons. The Bertz CT molecular complexity index is 642. The first-order valence-corrected chi connectivity index (χ1v) is 7.28. The Labute approximate surface area is 133 Å². The van der Waals surface area contributed by atoms with Crippen LogP contribution in [0.2, 0.25) is 0 Å². The van der Waals surface area contributed by atoms with Gasteiger partial charge in [0, 0.05) is 35.0 Å². The van der Waals surface area contributed by atoms with Crippen molar-refractivity contribution in [3.05, 3.63) is 46.3 Å². The molecule has 1 saturated carbocycles. The fraction of sp³-hybridized carbons (Fsp3) is 0.400. The highest BCUT2D eigenvalue weighted by atomic mass is 16.6. The molecule has 1 fully saturated rings. The third-order valence-electron chi connectivity index (χ3n) is 3.80. The maximum Gasteiger partial charge on any atom is 0.277 e. The summed E-state index contributed by atoms with van der Waals surface area (Å²) in [6, 6.07) is 2.34. The molecular formula is C15H18N4O4. The number of anilines is 1. The van der Waals surface area contributed by atoms with Crippen LogP contribution in [0.4, 0.5) is 5.69 Å². The Kier molecular flexibility index (Phi) is 5.40. The zero-order valence-electron chi connectivity index (χ0n) is 12.7. The van der Waals surface area contributed by atoms with Gasteiger partial charge in [0.15, 0.2) is 5.71 Å². The molecule has 0 spiro atoms. The molecule has 1 heterocycles. The summed E-state index contributed by atoms with van der Waals surface area (Å²) in [5, 5.41) is 25.8. The van der Waals surface area contributed by atoms with E-state index in [0.29, 0.717) is 30.0 Å². The largest absolute Gasteiger partial charge is 0.410 e. The van der Waals surface area contributed by atoms with Gasteiger partial charge in [0.05, 0.1) is 0 Å². The molecule has 0 saturated heterocycles. The quantitative estimate of drug-likeness (QED) is 0.382. The molecule has 0 aliphatic heterocycles. The van der Waals surface area contributed by atoms with Crippen LogP contribution in [0.3, 0.4) is 0 Å². The highest BCUT2D eigenvalue weighted by molar-refractivity contribution is 6.47. The van der Waals surface area contributed by atoms with Gasteiger partial charge in [-0.2, -0.15) is 0 Å². The molecule has 2 unspecified atom stereocenters. The van der Waals surface area contributed by atoms with Crippen molar-refractivity contribution in [1.29, 1.82) is 0 Å². The van der Waals surface area contributed by atoms with Gasteiger partial charge in [-0.15, -0.1) is 0 Å². The number of amides is 1. The van der Waals surface area contributed by atoms with Gasteiger partial charge in [0.2, 0.25) is 6.04 Å². The Morgan fingerprint density at radius 3 is 2.78 bits per heavy atom. The highest BCUT2D eigenvalue weighted by Crippen LogP contribution is 2.30. The molecule has 23 heavy (non-hydrogen) atoms. The maximum atomic E-state index is 12.1. The van der Waals surface area contributed by atoms with E-state index in [-0.39, 0.29) is 10.6 Å². The van der Waals surface area contributed by atoms with Gasteiger partial charge >= 0.3 is 0 Å². The van der Waals surface area contributed by atoms with Crippen LogP contribution in [0.1, 0.15) is 26.2 Å². The van der Waals surface area contributed by atoms with E-state index in [9.17, 15) is 14.9 Å². The van der Waals surface area contributed by atoms with E-state index in [0.717, 1.165) is 6.42 Å². The Morgan fingerprint density at radius 2 is 2.17 bits per heavy atom. The Balaban J connectivity index is 2.19. The van der Waals surface area contributed by atoms with Crippen molar-refractivity contribution < 1.29 is 14.9 Å². The lowest BCUT2D eigenvalue weighted by Gasteiger charge is -2.23. The predicted octanol–water partition coefficient (Wildman–Crippen LogP) is 2.24. The van der Waals surface area contributed by atoms with E-state index in [4.69, 9.17) is 5.21 Å². The number of carbonyl (C=O) groups is 1. The summed E-state index contributed by atoms with van der Waals surface area (Å²) >= 11 is 0. The summed E-state index contributed by atoms with van der Waals surface area (Å²) < 4.78 is 0. The van der Waals surface area contributed by atoms with Gasteiger partial charge < -0.3 is 10.5 Å². The zero-order valence-corrected chi connectivity index (χ0v) is 12.7. The molecule has 1 aromatic heterocycles. The SMILES string of the molecule is CC1CCC([N+](=O)[O-])/C(=C/C(=N\O)C(=O)Nc2ccncc2)C1. The van der Waals surface area contributed by atoms with E-state index >= 15 is 0 Å². The number of nitro groups is 1. The minimum atomic E-state index is -0.836. The lowest BCUT2D eigenvalue weighted by atomic mass is 9.83. The average molecular weight is 318 g/mol. The van der Waals surface area contributed by atoms with Crippen LogP contribution in [-0.2, 0) is 4.79 Å².